The molecule has 0 saturated carbocycles. The first-order valence-corrected chi connectivity index (χ1v) is 8.57. The van der Waals surface area contributed by atoms with E-state index in [1.54, 1.807) is 18.2 Å². The van der Waals surface area contributed by atoms with Crippen LogP contribution in [0.3, 0.4) is 0 Å². The lowest BCUT2D eigenvalue weighted by molar-refractivity contribution is 0.462. The number of hydrogen-bond acceptors (Lipinski definition) is 5. The monoisotopic (exact) mass is 306 g/mol. The second-order valence-electron chi connectivity index (χ2n) is 4.64. The van der Waals surface area contributed by atoms with Gasteiger partial charge in [-0.25, -0.2) is 8.42 Å². The number of pyridine rings is 1. The van der Waals surface area contributed by atoms with E-state index in [1.807, 2.05) is 12.1 Å². The molecule has 1 aromatic carbocycles. The van der Waals surface area contributed by atoms with Gasteiger partial charge in [0, 0.05) is 18.9 Å². The van der Waals surface area contributed by atoms with Gasteiger partial charge < -0.3 is 10.1 Å². The Morgan fingerprint density at radius 1 is 1.19 bits per heavy atom. The second-order valence-corrected chi connectivity index (χ2v) is 6.65. The third-order valence-corrected chi connectivity index (χ3v) is 3.85. The molecule has 0 unspecified atom stereocenters. The Labute approximate surface area is 124 Å². The number of rotatable bonds is 6. The first kappa shape index (κ1) is 15.3. The molecule has 0 saturated heterocycles. The normalized spacial score (nSPS) is 11.1. The molecule has 0 aliphatic rings. The number of aromatic nitrogens is 1. The molecule has 0 spiro atoms. The van der Waals surface area contributed by atoms with Crippen LogP contribution in [0.15, 0.2) is 47.4 Å². The van der Waals surface area contributed by atoms with E-state index < -0.39 is 9.84 Å². The lowest BCUT2D eigenvalue weighted by Gasteiger charge is -2.08. The summed E-state index contributed by atoms with van der Waals surface area (Å²) in [5, 5.41) is 3.17. The molecule has 1 heterocycles. The van der Waals surface area contributed by atoms with Gasteiger partial charge in [0.1, 0.15) is 11.6 Å². The van der Waals surface area contributed by atoms with Crippen LogP contribution in [0.25, 0.3) is 0 Å². The minimum absolute atomic E-state index is 0.222. The maximum Gasteiger partial charge on any atom is 0.221 e. The molecule has 0 bridgehead atoms. The van der Waals surface area contributed by atoms with Gasteiger partial charge in [-0.1, -0.05) is 19.1 Å². The Bertz CT molecular complexity index is 714. The molecule has 2 aromatic rings. The summed E-state index contributed by atoms with van der Waals surface area (Å²) in [7, 11) is -3.25. The Balaban J connectivity index is 2.18. The number of anilines is 1. The zero-order valence-electron chi connectivity index (χ0n) is 12.0. The minimum atomic E-state index is -3.25. The number of nitrogens with zero attached hydrogens (tertiary/aromatic N) is 1. The fourth-order valence-electron chi connectivity index (χ4n) is 1.71. The third-order valence-electron chi connectivity index (χ3n) is 2.74. The topological polar surface area (TPSA) is 68.3 Å². The largest absolute Gasteiger partial charge is 0.439 e. The summed E-state index contributed by atoms with van der Waals surface area (Å²) in [4.78, 5) is 4.54. The molecule has 21 heavy (non-hydrogen) atoms. The minimum Gasteiger partial charge on any atom is -0.439 e. The highest BCUT2D eigenvalue weighted by molar-refractivity contribution is 7.90. The van der Waals surface area contributed by atoms with E-state index in [-0.39, 0.29) is 4.90 Å². The molecule has 1 aromatic heterocycles. The third kappa shape index (κ3) is 4.46. The highest BCUT2D eigenvalue weighted by Gasteiger charge is 2.08. The molecular weight excluding hydrogens is 288 g/mol. The van der Waals surface area contributed by atoms with Crippen molar-refractivity contribution in [1.29, 1.82) is 0 Å². The molecule has 0 fully saturated rings. The molecule has 0 radical (unpaired) electrons. The van der Waals surface area contributed by atoms with Gasteiger partial charge in [0.15, 0.2) is 9.84 Å². The van der Waals surface area contributed by atoms with Crippen LogP contribution in [0.5, 0.6) is 11.6 Å². The van der Waals surface area contributed by atoms with Gasteiger partial charge in [-0.05, 0) is 30.7 Å². The van der Waals surface area contributed by atoms with Crippen LogP contribution in [0.1, 0.15) is 13.3 Å². The van der Waals surface area contributed by atoms with Crippen LogP contribution in [-0.2, 0) is 9.84 Å². The molecule has 0 aliphatic heterocycles. The Kier molecular flexibility index (Phi) is 4.80. The van der Waals surface area contributed by atoms with Crippen molar-refractivity contribution in [3.8, 4) is 11.6 Å². The highest BCUT2D eigenvalue weighted by atomic mass is 32.2. The van der Waals surface area contributed by atoms with E-state index in [0.717, 1.165) is 18.8 Å². The average molecular weight is 306 g/mol. The molecule has 0 amide bonds. The van der Waals surface area contributed by atoms with E-state index in [4.69, 9.17) is 4.74 Å². The van der Waals surface area contributed by atoms with Gasteiger partial charge in [0.2, 0.25) is 5.88 Å². The SMILES string of the molecule is CCCNc1cccc(Oc2cccc(S(C)(=O)=O)c2)n1. The summed E-state index contributed by atoms with van der Waals surface area (Å²) < 4.78 is 28.7. The van der Waals surface area contributed by atoms with E-state index in [2.05, 4.69) is 17.2 Å². The quantitative estimate of drug-likeness (QED) is 0.888. The van der Waals surface area contributed by atoms with Crippen LogP contribution in [0, 0.1) is 0 Å². The molecule has 0 aliphatic carbocycles. The lowest BCUT2D eigenvalue weighted by atomic mass is 10.3. The average Bonchev–Trinajstić information content (AvgIpc) is 2.45. The maximum absolute atomic E-state index is 11.5. The lowest BCUT2D eigenvalue weighted by Crippen LogP contribution is -2.02. The molecule has 5 nitrogen and oxygen atoms in total. The van der Waals surface area contributed by atoms with Crippen molar-refractivity contribution in [3.05, 3.63) is 42.5 Å². The summed E-state index contributed by atoms with van der Waals surface area (Å²) >= 11 is 0. The van der Waals surface area contributed by atoms with Crippen LogP contribution < -0.4 is 10.1 Å². The van der Waals surface area contributed by atoms with Crippen LogP contribution in [-0.4, -0.2) is 26.2 Å². The van der Waals surface area contributed by atoms with Gasteiger partial charge in [-0.15, -0.1) is 0 Å². The Hall–Kier alpha value is -2.08. The van der Waals surface area contributed by atoms with Crippen molar-refractivity contribution in [2.75, 3.05) is 18.1 Å². The van der Waals surface area contributed by atoms with E-state index in [9.17, 15) is 8.42 Å². The molecule has 112 valence electrons. The van der Waals surface area contributed by atoms with Crippen LogP contribution in [0.2, 0.25) is 0 Å². The maximum atomic E-state index is 11.5. The summed E-state index contributed by atoms with van der Waals surface area (Å²) in [5.41, 5.74) is 0. The van der Waals surface area contributed by atoms with Gasteiger partial charge in [-0.2, -0.15) is 4.98 Å². The van der Waals surface area contributed by atoms with Gasteiger partial charge in [0.05, 0.1) is 4.90 Å². The summed E-state index contributed by atoms with van der Waals surface area (Å²) in [6, 6.07) is 11.8. The molecule has 2 rings (SSSR count). The summed E-state index contributed by atoms with van der Waals surface area (Å²) in [6.07, 6.45) is 2.17. The predicted molar refractivity (Wildman–Crippen MR) is 82.6 cm³/mol. The molecule has 1 N–H and O–H groups in total. The van der Waals surface area contributed by atoms with Crippen molar-refractivity contribution in [2.24, 2.45) is 0 Å². The van der Waals surface area contributed by atoms with Crippen molar-refractivity contribution < 1.29 is 13.2 Å². The molecular formula is C15H18N2O3S. The van der Waals surface area contributed by atoms with Crippen LogP contribution in [0.4, 0.5) is 5.82 Å². The fraction of sp³-hybridized carbons (Fsp3) is 0.267. The van der Waals surface area contributed by atoms with E-state index in [0.29, 0.717) is 11.6 Å². The summed E-state index contributed by atoms with van der Waals surface area (Å²) in [6.45, 7) is 2.91. The number of sulfone groups is 1. The first-order chi connectivity index (χ1) is 9.99. The molecule has 6 heteroatoms. The zero-order chi connectivity index (χ0) is 15.3. The predicted octanol–water partition coefficient (Wildman–Crippen LogP) is 3.10. The van der Waals surface area contributed by atoms with Crippen molar-refractivity contribution >= 4 is 15.7 Å². The number of hydrogen-bond donors (Lipinski definition) is 1. The fourth-order valence-corrected chi connectivity index (χ4v) is 2.37. The Morgan fingerprint density at radius 2 is 1.95 bits per heavy atom. The molecule has 0 atom stereocenters. The van der Waals surface area contributed by atoms with Crippen molar-refractivity contribution in [1.82, 2.24) is 4.98 Å². The van der Waals surface area contributed by atoms with Gasteiger partial charge in [0.25, 0.3) is 0 Å². The standard InChI is InChI=1S/C15H18N2O3S/c1-3-10-16-14-8-5-9-15(17-14)20-12-6-4-7-13(11-12)21(2,18)19/h4-9,11H,3,10H2,1-2H3,(H,16,17). The highest BCUT2D eigenvalue weighted by Crippen LogP contribution is 2.23. The first-order valence-electron chi connectivity index (χ1n) is 6.68. The second kappa shape index (κ2) is 6.58. The zero-order valence-corrected chi connectivity index (χ0v) is 12.9. The number of benzene rings is 1. The smallest absolute Gasteiger partial charge is 0.221 e. The Morgan fingerprint density at radius 3 is 2.67 bits per heavy atom. The van der Waals surface area contributed by atoms with Gasteiger partial charge in [-0.3, -0.25) is 0 Å². The van der Waals surface area contributed by atoms with E-state index in [1.165, 1.54) is 18.4 Å². The number of nitrogens with one attached hydrogen (secondary N) is 1. The van der Waals surface area contributed by atoms with Crippen molar-refractivity contribution in [2.45, 2.75) is 18.2 Å². The van der Waals surface area contributed by atoms with Gasteiger partial charge >= 0.3 is 0 Å². The summed E-state index contributed by atoms with van der Waals surface area (Å²) in [5.74, 6) is 1.59. The van der Waals surface area contributed by atoms with Crippen molar-refractivity contribution in [3.63, 3.8) is 0 Å². The van der Waals surface area contributed by atoms with Crippen LogP contribution >= 0.6 is 0 Å². The number of ether oxygens (including phenoxy) is 1. The van der Waals surface area contributed by atoms with E-state index >= 15 is 0 Å².